The van der Waals surface area contributed by atoms with E-state index in [1.165, 1.54) is 0 Å². The number of amides is 1. The van der Waals surface area contributed by atoms with Crippen LogP contribution >= 0.6 is 0 Å². The predicted octanol–water partition coefficient (Wildman–Crippen LogP) is 1.82. The molecule has 0 aromatic heterocycles. The maximum Gasteiger partial charge on any atom is 0.226 e. The van der Waals surface area contributed by atoms with E-state index in [2.05, 4.69) is 5.32 Å². The van der Waals surface area contributed by atoms with E-state index in [1.54, 1.807) is 0 Å². The van der Waals surface area contributed by atoms with Crippen LogP contribution in [-0.2, 0) is 11.2 Å². The molecular weight excluding hydrogens is 240 g/mol. The molecule has 1 aromatic carbocycles. The van der Waals surface area contributed by atoms with Crippen molar-refractivity contribution in [3.05, 3.63) is 29.8 Å². The summed E-state index contributed by atoms with van der Waals surface area (Å²) in [5, 5.41) is 11.7. The Bertz CT molecular complexity index is 442. The van der Waals surface area contributed by atoms with Gasteiger partial charge in [-0.15, -0.1) is 0 Å². The molecule has 2 rings (SSSR count). The van der Waals surface area contributed by atoms with Gasteiger partial charge in [0.1, 0.15) is 0 Å². The number of nitrogens with two attached hydrogens (primary N) is 1. The standard InChI is InChI=1S/C15H22N2O2/c16-15(7-3-8-15)11-14(19)17-13-6-1-4-12(10-13)5-2-9-18/h1,4,6,10,18H,2-3,5,7-9,11,16H2,(H,17,19). The molecule has 1 aliphatic carbocycles. The summed E-state index contributed by atoms with van der Waals surface area (Å²) in [6.45, 7) is 0.187. The zero-order valence-electron chi connectivity index (χ0n) is 11.2. The molecule has 4 nitrogen and oxygen atoms in total. The summed E-state index contributed by atoms with van der Waals surface area (Å²) >= 11 is 0. The Kier molecular flexibility index (Phi) is 4.56. The van der Waals surface area contributed by atoms with E-state index in [0.29, 0.717) is 6.42 Å². The van der Waals surface area contributed by atoms with Crippen LogP contribution in [0.1, 0.15) is 37.7 Å². The second-order valence-electron chi connectivity index (χ2n) is 5.47. The molecule has 4 N–H and O–H groups in total. The summed E-state index contributed by atoms with van der Waals surface area (Å²) in [5.41, 5.74) is 7.72. The van der Waals surface area contributed by atoms with Crippen molar-refractivity contribution in [1.29, 1.82) is 0 Å². The van der Waals surface area contributed by atoms with Crippen LogP contribution in [0, 0.1) is 0 Å². The van der Waals surface area contributed by atoms with Gasteiger partial charge in [-0.1, -0.05) is 12.1 Å². The van der Waals surface area contributed by atoms with Gasteiger partial charge in [0, 0.05) is 24.3 Å². The van der Waals surface area contributed by atoms with E-state index in [0.717, 1.165) is 43.4 Å². The Morgan fingerprint density at radius 3 is 2.84 bits per heavy atom. The van der Waals surface area contributed by atoms with Crippen LogP contribution in [0.2, 0.25) is 0 Å². The van der Waals surface area contributed by atoms with Crippen molar-refractivity contribution in [2.75, 3.05) is 11.9 Å². The molecule has 1 aliphatic rings. The Morgan fingerprint density at radius 2 is 2.21 bits per heavy atom. The number of rotatable bonds is 6. The molecule has 1 fully saturated rings. The number of hydrogen-bond acceptors (Lipinski definition) is 3. The number of benzene rings is 1. The maximum absolute atomic E-state index is 11.9. The van der Waals surface area contributed by atoms with Crippen molar-refractivity contribution < 1.29 is 9.90 Å². The molecule has 4 heteroatoms. The number of anilines is 1. The van der Waals surface area contributed by atoms with Crippen molar-refractivity contribution in [1.82, 2.24) is 0 Å². The van der Waals surface area contributed by atoms with Crippen LogP contribution in [0.5, 0.6) is 0 Å². The molecule has 0 saturated heterocycles. The highest BCUT2D eigenvalue weighted by Crippen LogP contribution is 2.32. The maximum atomic E-state index is 11.9. The molecule has 0 bridgehead atoms. The minimum absolute atomic E-state index is 0.0125. The van der Waals surface area contributed by atoms with Gasteiger partial charge in [-0.2, -0.15) is 0 Å². The van der Waals surface area contributed by atoms with E-state index in [4.69, 9.17) is 10.8 Å². The van der Waals surface area contributed by atoms with Gasteiger partial charge in [0.25, 0.3) is 0 Å². The van der Waals surface area contributed by atoms with Crippen molar-refractivity contribution in [3.63, 3.8) is 0 Å². The van der Waals surface area contributed by atoms with E-state index >= 15 is 0 Å². The minimum atomic E-state index is -0.279. The second-order valence-corrected chi connectivity index (χ2v) is 5.47. The zero-order valence-corrected chi connectivity index (χ0v) is 11.2. The first-order valence-electron chi connectivity index (χ1n) is 6.90. The quantitative estimate of drug-likeness (QED) is 0.732. The van der Waals surface area contributed by atoms with Gasteiger partial charge in [-0.25, -0.2) is 0 Å². The lowest BCUT2D eigenvalue weighted by Gasteiger charge is -2.37. The Morgan fingerprint density at radius 1 is 1.42 bits per heavy atom. The SMILES string of the molecule is NC1(CC(=O)Nc2cccc(CCCO)c2)CCC1. The molecule has 1 amide bonds. The lowest BCUT2D eigenvalue weighted by molar-refractivity contribution is -0.118. The normalized spacial score (nSPS) is 16.7. The summed E-state index contributed by atoms with van der Waals surface area (Å²) in [5.74, 6) is -0.0125. The summed E-state index contributed by atoms with van der Waals surface area (Å²) < 4.78 is 0. The van der Waals surface area contributed by atoms with Gasteiger partial charge in [0.05, 0.1) is 0 Å². The monoisotopic (exact) mass is 262 g/mol. The average Bonchev–Trinajstić information content (AvgIpc) is 2.34. The number of aliphatic hydroxyl groups is 1. The third-order valence-electron chi connectivity index (χ3n) is 3.70. The smallest absolute Gasteiger partial charge is 0.226 e. The molecular formula is C15H22N2O2. The predicted molar refractivity (Wildman–Crippen MR) is 75.9 cm³/mol. The molecule has 19 heavy (non-hydrogen) atoms. The topological polar surface area (TPSA) is 75.4 Å². The summed E-state index contributed by atoms with van der Waals surface area (Å²) in [4.78, 5) is 11.9. The van der Waals surface area contributed by atoms with E-state index in [-0.39, 0.29) is 18.1 Å². The summed E-state index contributed by atoms with van der Waals surface area (Å²) in [6.07, 6.45) is 4.96. The van der Waals surface area contributed by atoms with Crippen LogP contribution in [-0.4, -0.2) is 23.2 Å². The number of aliphatic hydroxyl groups excluding tert-OH is 1. The lowest BCUT2D eigenvalue weighted by atomic mass is 9.75. The number of nitrogens with one attached hydrogen (secondary N) is 1. The fourth-order valence-electron chi connectivity index (χ4n) is 2.42. The number of hydrogen-bond donors (Lipinski definition) is 3. The second kappa shape index (κ2) is 6.17. The van der Waals surface area contributed by atoms with Crippen LogP contribution < -0.4 is 11.1 Å². The molecule has 104 valence electrons. The van der Waals surface area contributed by atoms with E-state index in [9.17, 15) is 4.79 Å². The minimum Gasteiger partial charge on any atom is -0.396 e. The lowest BCUT2D eigenvalue weighted by Crippen LogP contribution is -2.48. The van der Waals surface area contributed by atoms with Gasteiger partial charge in [-0.3, -0.25) is 4.79 Å². The van der Waals surface area contributed by atoms with Gasteiger partial charge in [0.2, 0.25) is 5.91 Å². The summed E-state index contributed by atoms with van der Waals surface area (Å²) in [6, 6.07) is 7.76. The van der Waals surface area contributed by atoms with Gasteiger partial charge in [-0.05, 0) is 49.8 Å². The Labute approximate surface area is 114 Å². The van der Waals surface area contributed by atoms with Gasteiger partial charge >= 0.3 is 0 Å². The first-order chi connectivity index (χ1) is 9.11. The molecule has 0 unspecified atom stereocenters. The highest BCUT2D eigenvalue weighted by atomic mass is 16.2. The van der Waals surface area contributed by atoms with Crippen molar-refractivity contribution in [2.24, 2.45) is 5.73 Å². The van der Waals surface area contributed by atoms with E-state index < -0.39 is 0 Å². The van der Waals surface area contributed by atoms with Gasteiger partial charge in [0.15, 0.2) is 0 Å². The largest absolute Gasteiger partial charge is 0.396 e. The van der Waals surface area contributed by atoms with Gasteiger partial charge < -0.3 is 16.2 Å². The third kappa shape index (κ3) is 4.04. The molecule has 0 heterocycles. The van der Waals surface area contributed by atoms with Crippen LogP contribution in [0.15, 0.2) is 24.3 Å². The van der Waals surface area contributed by atoms with Crippen molar-refractivity contribution >= 4 is 11.6 Å². The van der Waals surface area contributed by atoms with Crippen molar-refractivity contribution in [3.8, 4) is 0 Å². The number of carbonyl (C=O) groups excluding carboxylic acids is 1. The van der Waals surface area contributed by atoms with E-state index in [1.807, 2.05) is 24.3 Å². The molecule has 0 radical (unpaired) electrons. The molecule has 1 saturated carbocycles. The number of aryl methyl sites for hydroxylation is 1. The molecule has 1 aromatic rings. The van der Waals surface area contributed by atoms with Crippen LogP contribution in [0.3, 0.4) is 0 Å². The Balaban J connectivity index is 1.89. The van der Waals surface area contributed by atoms with Crippen LogP contribution in [0.4, 0.5) is 5.69 Å². The Hall–Kier alpha value is -1.39. The first kappa shape index (κ1) is 14.0. The summed E-state index contributed by atoms with van der Waals surface area (Å²) in [7, 11) is 0. The van der Waals surface area contributed by atoms with Crippen LogP contribution in [0.25, 0.3) is 0 Å². The molecule has 0 aliphatic heterocycles. The molecule has 0 atom stereocenters. The number of carbonyl (C=O) groups is 1. The highest BCUT2D eigenvalue weighted by molar-refractivity contribution is 5.91. The molecule has 0 spiro atoms. The zero-order chi connectivity index (χ0) is 13.7. The average molecular weight is 262 g/mol. The third-order valence-corrected chi connectivity index (χ3v) is 3.70. The van der Waals surface area contributed by atoms with Crippen molar-refractivity contribution in [2.45, 2.75) is 44.1 Å². The highest BCUT2D eigenvalue weighted by Gasteiger charge is 2.34. The fourth-order valence-corrected chi connectivity index (χ4v) is 2.42. The first-order valence-corrected chi connectivity index (χ1v) is 6.90. The fraction of sp³-hybridized carbons (Fsp3) is 0.533.